The lowest BCUT2D eigenvalue weighted by atomic mass is 9.49. The van der Waals surface area contributed by atoms with Crippen molar-refractivity contribution < 1.29 is 0 Å². The molecule has 1 aliphatic rings. The van der Waals surface area contributed by atoms with Crippen molar-refractivity contribution in [2.45, 2.75) is 69.2 Å². The van der Waals surface area contributed by atoms with Gasteiger partial charge in [-0.3, -0.25) is 0 Å². The predicted octanol–water partition coefficient (Wildman–Crippen LogP) is 5.45. The minimum Gasteiger partial charge on any atom is -0.0964 e. The van der Waals surface area contributed by atoms with Gasteiger partial charge in [-0.1, -0.05) is 34.8 Å². The van der Waals surface area contributed by atoms with Crippen LogP contribution in [0.1, 0.15) is 69.2 Å². The molecule has 0 aromatic rings. The van der Waals surface area contributed by atoms with Crippen molar-refractivity contribution in [3.8, 4) is 23.7 Å². The molecule has 1 aliphatic carbocycles. The van der Waals surface area contributed by atoms with E-state index in [4.69, 9.17) is 0 Å². The second-order valence-electron chi connectivity index (χ2n) is 8.50. The van der Waals surface area contributed by atoms with Crippen LogP contribution in [0.4, 0.5) is 0 Å². The van der Waals surface area contributed by atoms with Gasteiger partial charge in [0.15, 0.2) is 0 Å². The van der Waals surface area contributed by atoms with E-state index in [1.54, 1.807) is 0 Å². The fourth-order valence-corrected chi connectivity index (χ4v) is 2.50. The maximum absolute atomic E-state index is 3.53. The van der Waals surface area contributed by atoms with Gasteiger partial charge in [0.2, 0.25) is 0 Å². The molecule has 0 saturated carbocycles. The average molecular weight is 270 g/mol. The van der Waals surface area contributed by atoms with Gasteiger partial charge in [-0.25, -0.2) is 0 Å². The Hall–Kier alpha value is -1.14. The number of hydrogen-bond donors (Lipinski definition) is 0. The van der Waals surface area contributed by atoms with Crippen molar-refractivity contribution in [2.75, 3.05) is 0 Å². The van der Waals surface area contributed by atoms with Crippen LogP contribution < -0.4 is 0 Å². The fraction of sp³-hybridized carbons (Fsp3) is 0.700. The van der Waals surface area contributed by atoms with Crippen LogP contribution in [0, 0.1) is 45.3 Å². The number of hydrogen-bond acceptors (Lipinski definition) is 0. The summed E-state index contributed by atoms with van der Waals surface area (Å²) in [6, 6.07) is 0. The molecule has 110 valence electrons. The molecule has 0 heterocycles. The summed E-state index contributed by atoms with van der Waals surface area (Å²) in [5.41, 5.74) is 2.60. The Morgan fingerprint density at radius 2 is 0.900 bits per heavy atom. The molecule has 0 bridgehead atoms. The van der Waals surface area contributed by atoms with Gasteiger partial charge in [0.1, 0.15) is 0 Å². The first kappa shape index (κ1) is 16.9. The molecule has 20 heavy (non-hydrogen) atoms. The Bertz CT molecular complexity index is 500. The first-order valence-electron chi connectivity index (χ1n) is 7.50. The van der Waals surface area contributed by atoms with Crippen LogP contribution in [0.3, 0.4) is 0 Å². The molecule has 0 N–H and O–H groups in total. The number of rotatable bonds is 0. The van der Waals surface area contributed by atoms with Crippen LogP contribution in [0.2, 0.25) is 0 Å². The van der Waals surface area contributed by atoms with Gasteiger partial charge in [-0.15, -0.1) is 0 Å². The molecular weight excluding hydrogens is 240 g/mol. The summed E-state index contributed by atoms with van der Waals surface area (Å²) in [7, 11) is 0. The van der Waals surface area contributed by atoms with E-state index in [0.717, 1.165) is 0 Å². The van der Waals surface area contributed by atoms with E-state index in [9.17, 15) is 0 Å². The van der Waals surface area contributed by atoms with Gasteiger partial charge < -0.3 is 0 Å². The molecular formula is C20H30. The Kier molecular flexibility index (Phi) is 3.98. The Morgan fingerprint density at radius 1 is 0.650 bits per heavy atom. The first-order valence-corrected chi connectivity index (χ1v) is 7.50. The maximum atomic E-state index is 3.53. The van der Waals surface area contributed by atoms with Gasteiger partial charge >= 0.3 is 0 Å². The molecule has 0 unspecified atom stereocenters. The second-order valence-corrected chi connectivity index (χ2v) is 8.50. The largest absolute Gasteiger partial charge is 0.0964 e. The zero-order chi connectivity index (χ0) is 16.0. The smallest absolute Gasteiger partial charge is 0.0695 e. The normalized spacial score (nSPS) is 29.9. The van der Waals surface area contributed by atoms with E-state index in [2.05, 4.69) is 92.9 Å². The summed E-state index contributed by atoms with van der Waals surface area (Å²) in [6.45, 7) is 21.8. The zero-order valence-electron chi connectivity index (χ0n) is 15.0. The molecule has 0 fully saturated rings. The van der Waals surface area contributed by atoms with Crippen molar-refractivity contribution >= 4 is 0 Å². The summed E-state index contributed by atoms with van der Waals surface area (Å²) >= 11 is 0. The number of allylic oxidation sites excluding steroid dienone is 2. The molecule has 1 rings (SSSR count). The van der Waals surface area contributed by atoms with E-state index in [0.29, 0.717) is 0 Å². The highest BCUT2D eigenvalue weighted by Gasteiger charge is 2.54. The first-order chi connectivity index (χ1) is 8.73. The van der Waals surface area contributed by atoms with Crippen molar-refractivity contribution in [3.05, 3.63) is 11.1 Å². The third kappa shape index (κ3) is 2.96. The Morgan fingerprint density at radius 3 is 1.10 bits per heavy atom. The summed E-state index contributed by atoms with van der Waals surface area (Å²) in [4.78, 5) is 0. The maximum Gasteiger partial charge on any atom is 0.0695 e. The summed E-state index contributed by atoms with van der Waals surface area (Å²) in [5, 5.41) is 0. The van der Waals surface area contributed by atoms with Gasteiger partial charge in [0, 0.05) is 10.8 Å². The molecule has 0 aromatic carbocycles. The fourth-order valence-electron chi connectivity index (χ4n) is 2.50. The van der Waals surface area contributed by atoms with E-state index in [1.807, 2.05) is 0 Å². The minimum absolute atomic E-state index is 0.0329. The van der Waals surface area contributed by atoms with Gasteiger partial charge in [-0.05, 0) is 69.2 Å². The van der Waals surface area contributed by atoms with Crippen LogP contribution in [-0.2, 0) is 0 Å². The third-order valence-electron chi connectivity index (χ3n) is 4.44. The molecule has 0 nitrogen and oxygen atoms in total. The van der Waals surface area contributed by atoms with Crippen LogP contribution in [0.15, 0.2) is 11.1 Å². The molecule has 2 atom stereocenters. The van der Waals surface area contributed by atoms with Crippen LogP contribution in [-0.4, -0.2) is 0 Å². The van der Waals surface area contributed by atoms with Crippen molar-refractivity contribution in [3.63, 3.8) is 0 Å². The molecule has 0 spiro atoms. The summed E-state index contributed by atoms with van der Waals surface area (Å²) < 4.78 is 0. The van der Waals surface area contributed by atoms with E-state index in [-0.39, 0.29) is 21.7 Å². The topological polar surface area (TPSA) is 0 Å². The third-order valence-corrected chi connectivity index (χ3v) is 4.44. The van der Waals surface area contributed by atoms with Crippen molar-refractivity contribution in [1.29, 1.82) is 0 Å². The molecule has 0 aliphatic heterocycles. The van der Waals surface area contributed by atoms with Crippen LogP contribution in [0.25, 0.3) is 0 Å². The van der Waals surface area contributed by atoms with Gasteiger partial charge in [0.05, 0.1) is 10.8 Å². The lowest BCUT2D eigenvalue weighted by Gasteiger charge is -2.52. The van der Waals surface area contributed by atoms with Gasteiger partial charge in [0.25, 0.3) is 0 Å². The minimum atomic E-state index is -0.122. The highest BCUT2D eigenvalue weighted by atomic mass is 14.5. The predicted molar refractivity (Wildman–Crippen MR) is 89.1 cm³/mol. The quantitative estimate of drug-likeness (QED) is 0.406. The monoisotopic (exact) mass is 270 g/mol. The van der Waals surface area contributed by atoms with Crippen molar-refractivity contribution in [2.24, 2.45) is 21.7 Å². The SMILES string of the molecule is CC1=C(C)[C@](C)(C#CC(C)(C)C)[C@@]1(C)C#CC(C)(C)C. The van der Waals surface area contributed by atoms with Gasteiger partial charge in [-0.2, -0.15) is 0 Å². The molecule has 0 heteroatoms. The zero-order valence-corrected chi connectivity index (χ0v) is 15.0. The Balaban J connectivity index is 3.32. The highest BCUT2D eigenvalue weighted by molar-refractivity contribution is 5.54. The summed E-state index contributed by atoms with van der Waals surface area (Å²) in [6.07, 6.45) is 0. The van der Waals surface area contributed by atoms with E-state index < -0.39 is 0 Å². The average Bonchev–Trinajstić information content (AvgIpc) is 2.29. The standard InChI is InChI=1S/C20H30/c1-15-16(2)20(10,14-12-18(6,7)8)19(15,9)13-11-17(3,4)5/h1-10H3/t19-,20-/m0/s1. The van der Waals surface area contributed by atoms with Crippen molar-refractivity contribution in [1.82, 2.24) is 0 Å². The molecule has 0 saturated heterocycles. The lowest BCUT2D eigenvalue weighted by Crippen LogP contribution is -2.47. The van der Waals surface area contributed by atoms with Crippen LogP contribution >= 0.6 is 0 Å². The van der Waals surface area contributed by atoms with Crippen LogP contribution in [0.5, 0.6) is 0 Å². The van der Waals surface area contributed by atoms with E-state index in [1.165, 1.54) is 11.1 Å². The summed E-state index contributed by atoms with van der Waals surface area (Å²) in [5.74, 6) is 13.9. The molecule has 0 amide bonds. The molecule has 0 radical (unpaired) electrons. The second kappa shape index (κ2) is 4.70. The lowest BCUT2D eigenvalue weighted by molar-refractivity contribution is 0.239. The molecule has 0 aromatic heterocycles. The van der Waals surface area contributed by atoms with E-state index >= 15 is 0 Å². The highest BCUT2D eigenvalue weighted by Crippen LogP contribution is 2.59. The Labute approximate surface area is 126 Å².